The van der Waals surface area contributed by atoms with E-state index < -0.39 is 34.1 Å². The highest BCUT2D eigenvalue weighted by molar-refractivity contribution is 6.04. The van der Waals surface area contributed by atoms with E-state index in [-0.39, 0.29) is 36.6 Å². The molecule has 4 aliphatic carbocycles. The monoisotopic (exact) mass is 430 g/mol. The van der Waals surface area contributed by atoms with E-state index in [1.54, 1.807) is 32.9 Å². The molecule has 0 heterocycles. The van der Waals surface area contributed by atoms with Crippen LogP contribution in [0.3, 0.4) is 0 Å². The fraction of sp³-hybridized carbons (Fsp3) is 0.680. The molecule has 31 heavy (non-hydrogen) atoms. The number of carbonyl (C=O) groups is 2. The number of ketones is 1. The van der Waals surface area contributed by atoms with Gasteiger partial charge in [-0.3, -0.25) is 4.79 Å². The zero-order valence-electron chi connectivity index (χ0n) is 19.2. The quantitative estimate of drug-likeness (QED) is 0.361. The van der Waals surface area contributed by atoms with Crippen molar-refractivity contribution in [2.45, 2.75) is 71.2 Å². The Morgan fingerprint density at radius 1 is 1.29 bits per heavy atom. The summed E-state index contributed by atoms with van der Waals surface area (Å²) in [5.74, 6) is -2.55. The third-order valence-corrected chi connectivity index (χ3v) is 8.90. The van der Waals surface area contributed by atoms with Crippen molar-refractivity contribution in [1.82, 2.24) is 0 Å². The summed E-state index contributed by atoms with van der Waals surface area (Å²) in [4.78, 5) is 25.6. The maximum Gasteiger partial charge on any atom is 0.333 e. The molecule has 4 rings (SSSR count). The Labute approximate surface area is 183 Å². The third kappa shape index (κ3) is 2.61. The number of esters is 1. The van der Waals surface area contributed by atoms with Gasteiger partial charge in [-0.05, 0) is 44.3 Å². The second-order valence-electron chi connectivity index (χ2n) is 10.7. The molecule has 0 aromatic carbocycles. The Kier molecular flexibility index (Phi) is 4.79. The highest BCUT2D eigenvalue weighted by atomic mass is 16.6. The van der Waals surface area contributed by atoms with Gasteiger partial charge in [-0.15, -0.1) is 0 Å². The van der Waals surface area contributed by atoms with Gasteiger partial charge in [-0.2, -0.15) is 0 Å². The second-order valence-corrected chi connectivity index (χ2v) is 10.7. The molecule has 0 spiro atoms. The van der Waals surface area contributed by atoms with Crippen LogP contribution in [0.25, 0.3) is 0 Å². The van der Waals surface area contributed by atoms with Crippen LogP contribution in [0.4, 0.5) is 0 Å². The highest BCUT2D eigenvalue weighted by Gasteiger charge is 2.83. The van der Waals surface area contributed by atoms with Crippen molar-refractivity contribution in [2.75, 3.05) is 6.61 Å². The molecular weight excluding hydrogens is 396 g/mol. The molecule has 4 aliphatic rings. The Bertz CT molecular complexity index is 942. The lowest BCUT2D eigenvalue weighted by molar-refractivity contribution is -0.185. The van der Waals surface area contributed by atoms with Crippen LogP contribution in [-0.4, -0.2) is 50.5 Å². The fourth-order valence-corrected chi connectivity index (χ4v) is 6.96. The Hall–Kier alpha value is -1.76. The van der Waals surface area contributed by atoms with Crippen LogP contribution in [-0.2, 0) is 14.3 Å². The molecule has 2 fully saturated rings. The van der Waals surface area contributed by atoms with Crippen molar-refractivity contribution in [2.24, 2.45) is 29.1 Å². The van der Waals surface area contributed by atoms with Crippen molar-refractivity contribution < 1.29 is 29.6 Å². The molecule has 0 amide bonds. The molecule has 6 nitrogen and oxygen atoms in total. The van der Waals surface area contributed by atoms with Crippen LogP contribution < -0.4 is 0 Å². The minimum atomic E-state index is -1.77. The standard InChI is InChI=1S/C25H34O6/c1-7-13(2)21(28)31-24-10-15(4)25(30)17(19(24)22(24,5)6)9-16(12-26)11-23(29)18(25)8-14(3)20(23)27/h7-9,15,17-19,26,29-30H,10-12H2,1-6H3/b13-7-/t15-,17?,18-,19+,23-,24+,25-/m1/s1. The van der Waals surface area contributed by atoms with Gasteiger partial charge in [0.05, 0.1) is 12.2 Å². The van der Waals surface area contributed by atoms with Crippen LogP contribution >= 0.6 is 0 Å². The van der Waals surface area contributed by atoms with E-state index in [0.717, 1.165) is 0 Å². The number of allylic oxidation sites excluding steroid dienone is 1. The Morgan fingerprint density at radius 2 is 1.94 bits per heavy atom. The summed E-state index contributed by atoms with van der Waals surface area (Å²) in [6.45, 7) is 10.9. The molecule has 1 unspecified atom stereocenters. The van der Waals surface area contributed by atoms with E-state index in [1.165, 1.54) is 0 Å². The first-order valence-electron chi connectivity index (χ1n) is 11.2. The zero-order chi connectivity index (χ0) is 23.1. The number of hydrogen-bond acceptors (Lipinski definition) is 6. The number of aliphatic hydroxyl groups excluding tert-OH is 1. The Morgan fingerprint density at radius 3 is 2.52 bits per heavy atom. The maximum absolute atomic E-state index is 12.9. The van der Waals surface area contributed by atoms with Gasteiger partial charge in [0, 0.05) is 35.2 Å². The largest absolute Gasteiger partial charge is 0.455 e. The molecular formula is C25H34O6. The van der Waals surface area contributed by atoms with Gasteiger partial charge < -0.3 is 20.1 Å². The van der Waals surface area contributed by atoms with Crippen LogP contribution in [0, 0.1) is 29.1 Å². The molecule has 0 aromatic rings. The molecule has 0 saturated heterocycles. The molecule has 170 valence electrons. The van der Waals surface area contributed by atoms with E-state index in [2.05, 4.69) is 0 Å². The number of fused-ring (bicyclic) bond motifs is 5. The molecule has 3 N–H and O–H groups in total. The fourth-order valence-electron chi connectivity index (χ4n) is 6.96. The van der Waals surface area contributed by atoms with Crippen molar-refractivity contribution in [1.29, 1.82) is 0 Å². The van der Waals surface area contributed by atoms with E-state index >= 15 is 0 Å². The van der Waals surface area contributed by atoms with Crippen LogP contribution in [0.2, 0.25) is 0 Å². The summed E-state index contributed by atoms with van der Waals surface area (Å²) in [5, 5.41) is 33.7. The van der Waals surface area contributed by atoms with Crippen LogP contribution in [0.5, 0.6) is 0 Å². The van der Waals surface area contributed by atoms with Crippen molar-refractivity contribution in [3.05, 3.63) is 34.9 Å². The van der Waals surface area contributed by atoms with Crippen LogP contribution in [0.15, 0.2) is 34.9 Å². The van der Waals surface area contributed by atoms with E-state index in [0.29, 0.717) is 23.1 Å². The van der Waals surface area contributed by atoms with Crippen molar-refractivity contribution >= 4 is 11.8 Å². The average Bonchev–Trinajstić information content (AvgIpc) is 3.11. The predicted octanol–water partition coefficient (Wildman–Crippen LogP) is 2.48. The molecule has 0 bridgehead atoms. The van der Waals surface area contributed by atoms with Crippen molar-refractivity contribution in [3.8, 4) is 0 Å². The number of Topliss-reactive ketones (excluding diaryl/α,β-unsaturated/α-hetero) is 1. The van der Waals surface area contributed by atoms with E-state index in [9.17, 15) is 24.9 Å². The summed E-state index contributed by atoms with van der Waals surface area (Å²) in [6.07, 6.45) is 5.70. The van der Waals surface area contributed by atoms with Gasteiger partial charge in [0.1, 0.15) is 11.2 Å². The zero-order valence-corrected chi connectivity index (χ0v) is 19.2. The number of carbonyl (C=O) groups excluding carboxylic acids is 2. The molecule has 6 heteroatoms. The lowest BCUT2D eigenvalue weighted by Crippen LogP contribution is -2.61. The Balaban J connectivity index is 1.85. The number of aliphatic hydroxyl groups is 3. The number of rotatable bonds is 3. The van der Waals surface area contributed by atoms with Gasteiger partial charge in [0.2, 0.25) is 0 Å². The lowest BCUT2D eigenvalue weighted by atomic mass is 9.60. The predicted molar refractivity (Wildman–Crippen MR) is 115 cm³/mol. The topological polar surface area (TPSA) is 104 Å². The van der Waals surface area contributed by atoms with Gasteiger partial charge >= 0.3 is 5.97 Å². The molecule has 0 radical (unpaired) electrons. The second kappa shape index (κ2) is 6.63. The summed E-state index contributed by atoms with van der Waals surface area (Å²) >= 11 is 0. The molecule has 0 aliphatic heterocycles. The molecule has 7 atom stereocenters. The SMILES string of the molecule is C/C=C(/C)C(=O)O[C@@]12C[C@@H](C)[C@@]3(O)C(C=C(CO)C[C@]4(O)C(=O)C(C)=C[C@@H]34)[C@H]1C2(C)C. The summed E-state index contributed by atoms with van der Waals surface area (Å²) < 4.78 is 6.12. The number of hydrogen-bond donors (Lipinski definition) is 3. The lowest BCUT2D eigenvalue weighted by Gasteiger charge is -2.50. The normalized spacial score (nSPS) is 45.6. The minimum Gasteiger partial charge on any atom is -0.455 e. The van der Waals surface area contributed by atoms with Crippen LogP contribution in [0.1, 0.15) is 54.4 Å². The first kappa shape index (κ1) is 22.4. The molecule has 2 saturated carbocycles. The minimum absolute atomic E-state index is 0.00993. The van der Waals surface area contributed by atoms with Crippen molar-refractivity contribution in [3.63, 3.8) is 0 Å². The summed E-state index contributed by atoms with van der Waals surface area (Å²) in [5.41, 5.74) is -2.81. The van der Waals surface area contributed by atoms with Gasteiger partial charge in [-0.25, -0.2) is 4.79 Å². The smallest absolute Gasteiger partial charge is 0.333 e. The summed E-state index contributed by atoms with van der Waals surface area (Å²) in [7, 11) is 0. The van der Waals surface area contributed by atoms with E-state index in [4.69, 9.17) is 4.74 Å². The number of ether oxygens (including phenoxy) is 1. The van der Waals surface area contributed by atoms with Gasteiger partial charge in [0.25, 0.3) is 0 Å². The average molecular weight is 431 g/mol. The first-order chi connectivity index (χ1) is 14.3. The summed E-state index contributed by atoms with van der Waals surface area (Å²) in [6, 6.07) is 0. The third-order valence-electron chi connectivity index (χ3n) is 8.90. The van der Waals surface area contributed by atoms with E-state index in [1.807, 2.05) is 26.8 Å². The molecule has 0 aromatic heterocycles. The van der Waals surface area contributed by atoms with Gasteiger partial charge in [0.15, 0.2) is 5.78 Å². The van der Waals surface area contributed by atoms with Gasteiger partial charge in [-0.1, -0.05) is 39.0 Å². The maximum atomic E-state index is 12.9. The first-order valence-corrected chi connectivity index (χ1v) is 11.2. The highest BCUT2D eigenvalue weighted by Crippen LogP contribution is 2.76.